The fourth-order valence-electron chi connectivity index (χ4n) is 2.47. The highest BCUT2D eigenvalue weighted by Gasteiger charge is 2.19. The lowest BCUT2D eigenvalue weighted by Gasteiger charge is -2.20. The van der Waals surface area contributed by atoms with Gasteiger partial charge in [0.2, 0.25) is 0 Å². The van der Waals surface area contributed by atoms with Gasteiger partial charge in [-0.25, -0.2) is 0 Å². The second kappa shape index (κ2) is 6.14. The summed E-state index contributed by atoms with van der Waals surface area (Å²) in [5, 5.41) is 0. The smallest absolute Gasteiger partial charge is 0.164 e. The summed E-state index contributed by atoms with van der Waals surface area (Å²) in [7, 11) is 0. The van der Waals surface area contributed by atoms with Crippen LogP contribution in [0.4, 0.5) is 0 Å². The van der Waals surface area contributed by atoms with E-state index in [0.717, 1.165) is 14.5 Å². The quantitative estimate of drug-likeness (QED) is 0.663. The van der Waals surface area contributed by atoms with Crippen LogP contribution in [0.5, 0.6) is 0 Å². The maximum Gasteiger partial charge on any atom is 0.164 e. The zero-order chi connectivity index (χ0) is 12.3. The van der Waals surface area contributed by atoms with Crippen LogP contribution in [0.15, 0.2) is 27.1 Å². The third kappa shape index (κ3) is 3.65. The number of hydrogen-bond acceptors (Lipinski definition) is 1. The van der Waals surface area contributed by atoms with Crippen LogP contribution in [0.3, 0.4) is 0 Å². The lowest BCUT2D eigenvalue weighted by molar-refractivity contribution is 0.0949. The predicted molar refractivity (Wildman–Crippen MR) is 77.4 cm³/mol. The average molecular weight is 360 g/mol. The monoisotopic (exact) mass is 358 g/mol. The van der Waals surface area contributed by atoms with E-state index in [1.807, 2.05) is 18.2 Å². The highest BCUT2D eigenvalue weighted by Crippen LogP contribution is 2.29. The molecule has 0 unspecified atom stereocenters. The first kappa shape index (κ1) is 13.3. The van der Waals surface area contributed by atoms with E-state index in [4.69, 9.17) is 0 Å². The first-order valence-corrected chi connectivity index (χ1v) is 7.73. The summed E-state index contributed by atoms with van der Waals surface area (Å²) in [6.07, 6.45) is 7.06. The molecule has 0 amide bonds. The minimum Gasteiger partial charge on any atom is -0.294 e. The van der Waals surface area contributed by atoms with E-state index in [1.54, 1.807) is 0 Å². The van der Waals surface area contributed by atoms with E-state index in [-0.39, 0.29) is 5.78 Å². The lowest BCUT2D eigenvalue weighted by atomic mass is 9.85. The molecule has 1 aromatic carbocycles. The van der Waals surface area contributed by atoms with Crippen LogP contribution in [0.25, 0.3) is 0 Å². The molecule has 17 heavy (non-hydrogen) atoms. The van der Waals surface area contributed by atoms with Crippen molar-refractivity contribution in [2.75, 3.05) is 0 Å². The van der Waals surface area contributed by atoms with E-state index in [9.17, 15) is 4.79 Å². The first-order valence-electron chi connectivity index (χ1n) is 6.15. The molecule has 1 aliphatic rings. The number of hydrogen-bond donors (Lipinski definition) is 0. The Bertz CT molecular complexity index is 409. The molecule has 3 heteroatoms. The Kier molecular flexibility index (Phi) is 4.80. The molecule has 0 N–H and O–H groups in total. The number of rotatable bonds is 3. The number of carbonyl (C=O) groups excluding carboxylic acids is 1. The van der Waals surface area contributed by atoms with Gasteiger partial charge >= 0.3 is 0 Å². The van der Waals surface area contributed by atoms with Gasteiger partial charge in [0, 0.05) is 20.9 Å². The van der Waals surface area contributed by atoms with Crippen LogP contribution in [0, 0.1) is 5.92 Å². The lowest BCUT2D eigenvalue weighted by Crippen LogP contribution is -2.12. The summed E-state index contributed by atoms with van der Waals surface area (Å²) < 4.78 is 1.87. The largest absolute Gasteiger partial charge is 0.294 e. The normalized spacial score (nSPS) is 17.1. The molecule has 1 nitrogen and oxygen atoms in total. The predicted octanol–water partition coefficient (Wildman–Crippen LogP) is 5.36. The molecule has 0 spiro atoms. The minimum atomic E-state index is 0.269. The number of benzene rings is 1. The van der Waals surface area contributed by atoms with Crippen LogP contribution in [0.1, 0.15) is 48.9 Å². The van der Waals surface area contributed by atoms with Crippen LogP contribution < -0.4 is 0 Å². The van der Waals surface area contributed by atoms with Crippen molar-refractivity contribution in [2.24, 2.45) is 5.92 Å². The van der Waals surface area contributed by atoms with Gasteiger partial charge in [-0.1, -0.05) is 64.0 Å². The summed E-state index contributed by atoms with van der Waals surface area (Å²) in [6, 6.07) is 5.79. The maximum absolute atomic E-state index is 12.2. The molecule has 1 aliphatic carbocycles. The zero-order valence-electron chi connectivity index (χ0n) is 9.72. The fraction of sp³-hybridized carbons (Fsp3) is 0.500. The molecule has 0 aliphatic heterocycles. The van der Waals surface area contributed by atoms with E-state index >= 15 is 0 Å². The Hall–Kier alpha value is -0.150. The summed E-state index contributed by atoms with van der Waals surface area (Å²) in [5.74, 6) is 0.868. The summed E-state index contributed by atoms with van der Waals surface area (Å²) >= 11 is 6.87. The van der Waals surface area contributed by atoms with Crippen molar-refractivity contribution < 1.29 is 4.79 Å². The third-order valence-corrected chi connectivity index (χ3v) is 4.61. The molecule has 2 rings (SSSR count). The highest BCUT2D eigenvalue weighted by molar-refractivity contribution is 9.11. The number of Topliss-reactive ketones (excluding diaryl/α,β-unsaturated/α-hetero) is 1. The second-order valence-corrected chi connectivity index (χ2v) is 6.53. The van der Waals surface area contributed by atoms with Crippen LogP contribution in [0.2, 0.25) is 0 Å². The van der Waals surface area contributed by atoms with Gasteiger partial charge in [-0.3, -0.25) is 4.79 Å². The Morgan fingerprint density at radius 1 is 1.18 bits per heavy atom. The SMILES string of the molecule is O=C(CC1CCCCC1)c1cc(Br)ccc1Br. The average Bonchev–Trinajstić information content (AvgIpc) is 2.33. The minimum absolute atomic E-state index is 0.269. The molecule has 0 saturated heterocycles. The van der Waals surface area contributed by atoms with Gasteiger partial charge in [-0.2, -0.15) is 0 Å². The van der Waals surface area contributed by atoms with Gasteiger partial charge in [0.25, 0.3) is 0 Å². The van der Waals surface area contributed by atoms with Gasteiger partial charge < -0.3 is 0 Å². The fourth-order valence-corrected chi connectivity index (χ4v) is 3.30. The molecule has 1 aromatic rings. The van der Waals surface area contributed by atoms with E-state index in [0.29, 0.717) is 12.3 Å². The molecule has 1 saturated carbocycles. The Morgan fingerprint density at radius 3 is 2.59 bits per heavy atom. The third-order valence-electron chi connectivity index (χ3n) is 3.43. The van der Waals surface area contributed by atoms with Crippen molar-refractivity contribution in [3.8, 4) is 0 Å². The van der Waals surface area contributed by atoms with Crippen molar-refractivity contribution in [1.29, 1.82) is 0 Å². The van der Waals surface area contributed by atoms with Gasteiger partial charge in [0.05, 0.1) is 0 Å². The standard InChI is InChI=1S/C14H16Br2O/c15-11-6-7-13(16)12(9-11)14(17)8-10-4-2-1-3-5-10/h6-7,9-10H,1-5,8H2. The van der Waals surface area contributed by atoms with Gasteiger partial charge in [0.1, 0.15) is 0 Å². The number of halogens is 2. The second-order valence-electron chi connectivity index (χ2n) is 4.76. The molecule has 92 valence electrons. The molecular weight excluding hydrogens is 344 g/mol. The topological polar surface area (TPSA) is 17.1 Å². The Morgan fingerprint density at radius 2 is 1.88 bits per heavy atom. The van der Waals surface area contributed by atoms with Crippen molar-refractivity contribution >= 4 is 37.6 Å². The van der Waals surface area contributed by atoms with Crippen molar-refractivity contribution in [3.05, 3.63) is 32.7 Å². The van der Waals surface area contributed by atoms with Crippen LogP contribution in [-0.2, 0) is 0 Å². The zero-order valence-corrected chi connectivity index (χ0v) is 12.9. The summed E-state index contributed by atoms with van der Waals surface area (Å²) in [4.78, 5) is 12.2. The van der Waals surface area contributed by atoms with Crippen LogP contribution >= 0.6 is 31.9 Å². The molecule has 1 fully saturated rings. The van der Waals surface area contributed by atoms with Gasteiger partial charge in [-0.05, 0) is 24.1 Å². The van der Waals surface area contributed by atoms with Gasteiger partial charge in [-0.15, -0.1) is 0 Å². The highest BCUT2D eigenvalue weighted by atomic mass is 79.9. The molecule has 0 atom stereocenters. The number of carbonyl (C=O) groups is 1. The van der Waals surface area contributed by atoms with Crippen molar-refractivity contribution in [2.45, 2.75) is 38.5 Å². The van der Waals surface area contributed by atoms with Crippen molar-refractivity contribution in [3.63, 3.8) is 0 Å². The molecule has 0 radical (unpaired) electrons. The molecular formula is C14H16Br2O. The molecule has 0 heterocycles. The number of ketones is 1. The van der Waals surface area contributed by atoms with Crippen LogP contribution in [-0.4, -0.2) is 5.78 Å². The molecule has 0 bridgehead atoms. The Labute approximate surface area is 119 Å². The van der Waals surface area contributed by atoms with E-state index in [1.165, 1.54) is 32.1 Å². The van der Waals surface area contributed by atoms with Crippen molar-refractivity contribution in [1.82, 2.24) is 0 Å². The van der Waals surface area contributed by atoms with E-state index < -0.39 is 0 Å². The summed E-state index contributed by atoms with van der Waals surface area (Å²) in [6.45, 7) is 0. The Balaban J connectivity index is 2.05. The maximum atomic E-state index is 12.2. The van der Waals surface area contributed by atoms with E-state index in [2.05, 4.69) is 31.9 Å². The first-order chi connectivity index (χ1) is 8.16. The summed E-state index contributed by atoms with van der Waals surface area (Å²) in [5.41, 5.74) is 0.810. The molecule has 0 aromatic heterocycles. The van der Waals surface area contributed by atoms with Gasteiger partial charge in [0.15, 0.2) is 5.78 Å².